The largest absolute Gasteiger partial charge is 0.380 e. The molecule has 1 saturated heterocycles. The van der Waals surface area contributed by atoms with Crippen LogP contribution in [0.25, 0.3) is 0 Å². The van der Waals surface area contributed by atoms with E-state index in [-0.39, 0.29) is 16.1 Å². The number of ether oxygens (including phenoxy) is 1. The monoisotopic (exact) mass is 262 g/mol. The number of sulfonamides is 1. The van der Waals surface area contributed by atoms with Gasteiger partial charge in [0.1, 0.15) is 10.0 Å². The van der Waals surface area contributed by atoms with E-state index in [1.807, 2.05) is 0 Å². The lowest BCUT2D eigenvalue weighted by atomic mass is 10.3. The summed E-state index contributed by atoms with van der Waals surface area (Å²) in [5.74, 6) is 0. The van der Waals surface area contributed by atoms with Gasteiger partial charge in [-0.05, 0) is 18.6 Å². The Morgan fingerprint density at radius 3 is 2.88 bits per heavy atom. The quantitative estimate of drug-likeness (QED) is 0.819. The van der Waals surface area contributed by atoms with E-state index in [9.17, 15) is 8.42 Å². The molecule has 88 valence electrons. The van der Waals surface area contributed by atoms with Crippen LogP contribution in [0.4, 0.5) is 0 Å². The fourth-order valence-corrected chi connectivity index (χ4v) is 2.75. The average Bonchev–Trinajstić information content (AvgIpc) is 2.70. The molecule has 0 radical (unpaired) electrons. The van der Waals surface area contributed by atoms with Crippen molar-refractivity contribution in [1.82, 2.24) is 9.71 Å². The Morgan fingerprint density at radius 2 is 2.31 bits per heavy atom. The van der Waals surface area contributed by atoms with E-state index >= 15 is 0 Å². The summed E-state index contributed by atoms with van der Waals surface area (Å²) in [6.45, 7) is 1.01. The molecule has 2 rings (SSSR count). The summed E-state index contributed by atoms with van der Waals surface area (Å²) >= 11 is 5.59. The summed E-state index contributed by atoms with van der Waals surface area (Å²) in [6, 6.07) is 2.72. The highest BCUT2D eigenvalue weighted by molar-refractivity contribution is 7.89. The third kappa shape index (κ3) is 2.70. The highest BCUT2D eigenvalue weighted by Crippen LogP contribution is 2.13. The molecule has 0 aliphatic carbocycles. The third-order valence-electron chi connectivity index (χ3n) is 2.26. The topological polar surface area (TPSA) is 68.3 Å². The van der Waals surface area contributed by atoms with Gasteiger partial charge in [-0.25, -0.2) is 18.1 Å². The van der Waals surface area contributed by atoms with E-state index < -0.39 is 10.0 Å². The van der Waals surface area contributed by atoms with Crippen molar-refractivity contribution in [2.45, 2.75) is 17.4 Å². The van der Waals surface area contributed by atoms with Gasteiger partial charge >= 0.3 is 0 Å². The number of hydrogen-bond acceptors (Lipinski definition) is 4. The Labute approximate surface area is 98.8 Å². The van der Waals surface area contributed by atoms with Crippen molar-refractivity contribution in [3.8, 4) is 0 Å². The molecular weight excluding hydrogens is 252 g/mol. The van der Waals surface area contributed by atoms with Crippen molar-refractivity contribution < 1.29 is 13.2 Å². The Bertz CT molecular complexity index is 454. The van der Waals surface area contributed by atoms with E-state index in [4.69, 9.17) is 16.3 Å². The summed E-state index contributed by atoms with van der Waals surface area (Å²) in [7, 11) is -3.51. The number of nitrogens with zero attached hydrogens (tertiary/aromatic N) is 1. The first-order valence-electron chi connectivity index (χ1n) is 4.79. The van der Waals surface area contributed by atoms with Crippen LogP contribution in [-0.4, -0.2) is 32.7 Å². The molecular formula is C9H11ClN2O3S. The highest BCUT2D eigenvalue weighted by Gasteiger charge is 2.23. The van der Waals surface area contributed by atoms with Gasteiger partial charge in [-0.2, -0.15) is 0 Å². The molecule has 1 aliphatic heterocycles. The molecule has 16 heavy (non-hydrogen) atoms. The van der Waals surface area contributed by atoms with E-state index in [0.717, 1.165) is 0 Å². The third-order valence-corrected chi connectivity index (χ3v) is 3.99. The van der Waals surface area contributed by atoms with Gasteiger partial charge in [0, 0.05) is 18.8 Å². The van der Waals surface area contributed by atoms with Crippen LogP contribution in [0.2, 0.25) is 5.15 Å². The van der Waals surface area contributed by atoms with Gasteiger partial charge in [-0.1, -0.05) is 11.6 Å². The first-order valence-corrected chi connectivity index (χ1v) is 6.66. The number of aromatic nitrogens is 1. The van der Waals surface area contributed by atoms with Crippen molar-refractivity contribution in [3.05, 3.63) is 23.5 Å². The minimum absolute atomic E-state index is 0.115. The predicted molar refractivity (Wildman–Crippen MR) is 58.8 cm³/mol. The van der Waals surface area contributed by atoms with Gasteiger partial charge < -0.3 is 4.74 Å². The molecule has 5 nitrogen and oxygen atoms in total. The second-order valence-electron chi connectivity index (χ2n) is 3.50. The van der Waals surface area contributed by atoms with Crippen LogP contribution < -0.4 is 4.72 Å². The normalized spacial score (nSPS) is 21.2. The molecule has 0 amide bonds. The Hall–Kier alpha value is -0.690. The zero-order chi connectivity index (χ0) is 11.6. The maximum absolute atomic E-state index is 11.8. The van der Waals surface area contributed by atoms with Crippen LogP contribution >= 0.6 is 11.6 Å². The van der Waals surface area contributed by atoms with Crippen molar-refractivity contribution in [2.24, 2.45) is 0 Å². The summed E-state index contributed by atoms with van der Waals surface area (Å²) in [4.78, 5) is 3.85. The molecule has 0 bridgehead atoms. The van der Waals surface area contributed by atoms with Crippen molar-refractivity contribution >= 4 is 21.6 Å². The van der Waals surface area contributed by atoms with Gasteiger partial charge in [0.05, 0.1) is 6.61 Å². The Morgan fingerprint density at radius 1 is 1.50 bits per heavy atom. The van der Waals surface area contributed by atoms with Gasteiger partial charge in [-0.15, -0.1) is 0 Å². The van der Waals surface area contributed by atoms with Gasteiger partial charge in [0.15, 0.2) is 0 Å². The summed E-state index contributed by atoms with van der Waals surface area (Å²) < 4.78 is 31.3. The van der Waals surface area contributed by atoms with Crippen LogP contribution in [0, 0.1) is 0 Å². The smallest absolute Gasteiger partial charge is 0.242 e. The Balaban J connectivity index is 2.14. The van der Waals surface area contributed by atoms with E-state index in [2.05, 4.69) is 9.71 Å². The first-order chi connectivity index (χ1) is 7.58. The molecule has 1 unspecified atom stereocenters. The van der Waals surface area contributed by atoms with Crippen LogP contribution in [0.1, 0.15) is 6.42 Å². The SMILES string of the molecule is O=S(=O)(NC1CCOC1)c1ccc(Cl)nc1. The number of pyridine rings is 1. The van der Waals surface area contributed by atoms with Gasteiger partial charge in [0.2, 0.25) is 10.0 Å². The number of nitrogens with one attached hydrogen (secondary N) is 1. The van der Waals surface area contributed by atoms with E-state index in [1.165, 1.54) is 18.3 Å². The predicted octanol–water partition coefficient (Wildman–Crippen LogP) is 0.802. The van der Waals surface area contributed by atoms with Crippen molar-refractivity contribution in [3.63, 3.8) is 0 Å². The Kier molecular flexibility index (Phi) is 3.44. The van der Waals surface area contributed by atoms with Gasteiger partial charge in [-0.3, -0.25) is 0 Å². The molecule has 1 fully saturated rings. The van der Waals surface area contributed by atoms with Crippen molar-refractivity contribution in [2.75, 3.05) is 13.2 Å². The van der Waals surface area contributed by atoms with E-state index in [0.29, 0.717) is 19.6 Å². The molecule has 0 aromatic carbocycles. The van der Waals surface area contributed by atoms with Crippen molar-refractivity contribution in [1.29, 1.82) is 0 Å². The molecule has 1 aromatic heterocycles. The van der Waals surface area contributed by atoms with Gasteiger partial charge in [0.25, 0.3) is 0 Å². The van der Waals surface area contributed by atoms with Crippen LogP contribution in [-0.2, 0) is 14.8 Å². The van der Waals surface area contributed by atoms with Crippen LogP contribution in [0.15, 0.2) is 23.2 Å². The van der Waals surface area contributed by atoms with Crippen LogP contribution in [0.3, 0.4) is 0 Å². The standard InChI is InChI=1S/C9H11ClN2O3S/c10-9-2-1-8(5-11-9)16(13,14)12-7-3-4-15-6-7/h1-2,5,7,12H,3-4,6H2. The second kappa shape index (κ2) is 4.67. The zero-order valence-corrected chi connectivity index (χ0v) is 9.96. The minimum Gasteiger partial charge on any atom is -0.380 e. The molecule has 1 N–H and O–H groups in total. The lowest BCUT2D eigenvalue weighted by Crippen LogP contribution is -2.35. The maximum atomic E-state index is 11.8. The molecule has 1 aliphatic rings. The molecule has 0 spiro atoms. The second-order valence-corrected chi connectivity index (χ2v) is 5.60. The fraction of sp³-hybridized carbons (Fsp3) is 0.444. The van der Waals surface area contributed by atoms with E-state index in [1.54, 1.807) is 0 Å². The first kappa shape index (κ1) is 11.8. The molecule has 0 saturated carbocycles. The number of halogens is 1. The molecule has 2 heterocycles. The van der Waals surface area contributed by atoms with Crippen LogP contribution in [0.5, 0.6) is 0 Å². The lowest BCUT2D eigenvalue weighted by Gasteiger charge is -2.10. The lowest BCUT2D eigenvalue weighted by molar-refractivity contribution is 0.192. The summed E-state index contributed by atoms with van der Waals surface area (Å²) in [6.07, 6.45) is 1.93. The molecule has 1 aromatic rings. The highest BCUT2D eigenvalue weighted by atomic mass is 35.5. The summed E-state index contributed by atoms with van der Waals surface area (Å²) in [5.41, 5.74) is 0. The zero-order valence-electron chi connectivity index (χ0n) is 8.39. The molecule has 1 atom stereocenters. The number of rotatable bonds is 3. The fourth-order valence-electron chi connectivity index (χ4n) is 1.44. The number of hydrogen-bond donors (Lipinski definition) is 1. The summed E-state index contributed by atoms with van der Waals surface area (Å²) in [5, 5.41) is 0.267. The molecule has 7 heteroatoms. The average molecular weight is 263 g/mol. The maximum Gasteiger partial charge on any atom is 0.242 e. The minimum atomic E-state index is -3.51.